The van der Waals surface area contributed by atoms with Crippen molar-refractivity contribution < 1.29 is 4.74 Å². The van der Waals surface area contributed by atoms with Crippen molar-refractivity contribution in [2.45, 2.75) is 19.8 Å². The zero-order valence-electron chi connectivity index (χ0n) is 10.4. The van der Waals surface area contributed by atoms with Crippen LogP contribution in [0.1, 0.15) is 30.9 Å². The van der Waals surface area contributed by atoms with Gasteiger partial charge in [0, 0.05) is 11.3 Å². The van der Waals surface area contributed by atoms with Gasteiger partial charge in [-0.3, -0.25) is 0 Å². The first kappa shape index (κ1) is 12.2. The molecule has 2 rings (SSSR count). The summed E-state index contributed by atoms with van der Waals surface area (Å²) in [5, 5.41) is 5.42. The molecule has 1 aromatic rings. The maximum absolute atomic E-state index is 6.10. The van der Waals surface area contributed by atoms with E-state index in [1.807, 2.05) is 12.1 Å². The Morgan fingerprint density at radius 3 is 2.71 bits per heavy atom. The molecule has 92 valence electrons. The molecule has 0 saturated heterocycles. The van der Waals surface area contributed by atoms with E-state index in [1.54, 1.807) is 18.9 Å². The lowest BCUT2D eigenvalue weighted by Crippen LogP contribution is -2.08. The monoisotopic (exact) mass is 250 g/mol. The Kier molecular flexibility index (Phi) is 3.52. The molecule has 0 unspecified atom stereocenters. The second kappa shape index (κ2) is 4.92. The Morgan fingerprint density at radius 2 is 2.18 bits per heavy atom. The molecule has 0 radical (unpaired) electrons. The molecule has 3 N–H and O–H groups in total. The first-order chi connectivity index (χ1) is 8.13. The van der Waals surface area contributed by atoms with Crippen molar-refractivity contribution in [1.82, 2.24) is 5.32 Å². The van der Waals surface area contributed by atoms with Crippen molar-refractivity contribution in [3.05, 3.63) is 28.7 Å². The number of thioether (sulfide) groups is 1. The van der Waals surface area contributed by atoms with Crippen molar-refractivity contribution in [3.63, 3.8) is 0 Å². The number of hydrogen-bond donors (Lipinski definition) is 2. The van der Waals surface area contributed by atoms with Gasteiger partial charge in [0.1, 0.15) is 5.75 Å². The van der Waals surface area contributed by atoms with Gasteiger partial charge in [0.05, 0.1) is 18.7 Å². The third-order valence-electron chi connectivity index (χ3n) is 2.86. The summed E-state index contributed by atoms with van der Waals surface area (Å²) in [7, 11) is 1.70. The fourth-order valence-corrected chi connectivity index (χ4v) is 2.64. The standard InChI is InChI=1S/C13H18N2OS/c1-8(2)9-5-13(16-3)10(4-11(9)14)12-6-17-7-15-12/h4-6,8,15H,7,14H2,1-3H3. The van der Waals surface area contributed by atoms with Crippen molar-refractivity contribution >= 4 is 23.1 Å². The molecule has 1 aromatic carbocycles. The summed E-state index contributed by atoms with van der Waals surface area (Å²) in [5.41, 5.74) is 10.2. The van der Waals surface area contributed by atoms with Crippen molar-refractivity contribution in [2.24, 2.45) is 0 Å². The second-order valence-electron chi connectivity index (χ2n) is 4.36. The van der Waals surface area contributed by atoms with E-state index in [0.29, 0.717) is 5.92 Å². The largest absolute Gasteiger partial charge is 0.496 e. The predicted molar refractivity (Wildman–Crippen MR) is 75.1 cm³/mol. The van der Waals surface area contributed by atoms with E-state index in [4.69, 9.17) is 10.5 Å². The Labute approximate surface area is 106 Å². The number of anilines is 1. The first-order valence-electron chi connectivity index (χ1n) is 5.67. The number of rotatable bonds is 3. The van der Waals surface area contributed by atoms with E-state index in [9.17, 15) is 0 Å². The smallest absolute Gasteiger partial charge is 0.128 e. The summed E-state index contributed by atoms with van der Waals surface area (Å²) in [4.78, 5) is 0. The molecule has 1 aliphatic heterocycles. The molecule has 0 saturated carbocycles. The van der Waals surface area contributed by atoms with Crippen molar-refractivity contribution in [3.8, 4) is 5.75 Å². The van der Waals surface area contributed by atoms with E-state index in [0.717, 1.165) is 34.1 Å². The lowest BCUT2D eigenvalue weighted by Gasteiger charge is -2.16. The number of nitrogens with two attached hydrogens (primary N) is 1. The molecule has 0 amide bonds. The summed E-state index contributed by atoms with van der Waals surface area (Å²) in [6.45, 7) is 4.27. The number of nitrogens with one attached hydrogen (secondary N) is 1. The highest BCUT2D eigenvalue weighted by Gasteiger charge is 2.16. The van der Waals surface area contributed by atoms with Crippen LogP contribution in [-0.4, -0.2) is 13.0 Å². The number of ether oxygens (including phenoxy) is 1. The summed E-state index contributed by atoms with van der Waals surface area (Å²) < 4.78 is 5.46. The topological polar surface area (TPSA) is 47.3 Å². The molecule has 0 aromatic heterocycles. The van der Waals surface area contributed by atoms with Crippen LogP contribution in [0.3, 0.4) is 0 Å². The summed E-state index contributed by atoms with van der Waals surface area (Å²) in [5.74, 6) is 2.19. The lowest BCUT2D eigenvalue weighted by atomic mass is 9.97. The number of nitrogen functional groups attached to an aromatic ring is 1. The van der Waals surface area contributed by atoms with Crippen LogP contribution in [0.4, 0.5) is 5.69 Å². The highest BCUT2D eigenvalue weighted by Crippen LogP contribution is 2.35. The Balaban J connectivity index is 2.49. The highest BCUT2D eigenvalue weighted by atomic mass is 32.2. The maximum atomic E-state index is 6.10. The minimum atomic E-state index is 0.401. The molecular formula is C13H18N2OS. The quantitative estimate of drug-likeness (QED) is 0.810. The number of benzene rings is 1. The molecular weight excluding hydrogens is 232 g/mol. The van der Waals surface area contributed by atoms with Crippen LogP contribution in [-0.2, 0) is 0 Å². The third-order valence-corrected chi connectivity index (χ3v) is 3.58. The van der Waals surface area contributed by atoms with Gasteiger partial charge in [-0.15, -0.1) is 11.8 Å². The van der Waals surface area contributed by atoms with Crippen LogP contribution in [0, 0.1) is 0 Å². The fourth-order valence-electron chi connectivity index (χ4n) is 1.94. The molecule has 1 aliphatic rings. The average Bonchev–Trinajstić information content (AvgIpc) is 2.81. The zero-order valence-corrected chi connectivity index (χ0v) is 11.2. The minimum absolute atomic E-state index is 0.401. The summed E-state index contributed by atoms with van der Waals surface area (Å²) in [6, 6.07) is 4.04. The molecule has 1 heterocycles. The van der Waals surface area contributed by atoms with Crippen LogP contribution in [0.25, 0.3) is 5.70 Å². The third kappa shape index (κ3) is 2.36. The van der Waals surface area contributed by atoms with Gasteiger partial charge in [0.15, 0.2) is 0 Å². The Morgan fingerprint density at radius 1 is 1.41 bits per heavy atom. The zero-order chi connectivity index (χ0) is 12.4. The van der Waals surface area contributed by atoms with Crippen molar-refractivity contribution in [1.29, 1.82) is 0 Å². The van der Waals surface area contributed by atoms with Crippen LogP contribution in [0.15, 0.2) is 17.5 Å². The van der Waals surface area contributed by atoms with Crippen LogP contribution >= 0.6 is 11.8 Å². The van der Waals surface area contributed by atoms with Crippen LogP contribution in [0.5, 0.6) is 5.75 Å². The molecule has 0 spiro atoms. The Bertz CT molecular complexity index is 455. The SMILES string of the molecule is COc1cc(C(C)C)c(N)cc1C1=CSCN1. The van der Waals surface area contributed by atoms with Gasteiger partial charge in [0.2, 0.25) is 0 Å². The van der Waals surface area contributed by atoms with Gasteiger partial charge in [-0.2, -0.15) is 0 Å². The Hall–Kier alpha value is -1.29. The summed E-state index contributed by atoms with van der Waals surface area (Å²) >= 11 is 1.74. The molecule has 0 atom stereocenters. The van der Waals surface area contributed by atoms with E-state index in [-0.39, 0.29) is 0 Å². The van der Waals surface area contributed by atoms with Crippen LogP contribution in [0.2, 0.25) is 0 Å². The van der Waals surface area contributed by atoms with E-state index >= 15 is 0 Å². The van der Waals surface area contributed by atoms with Gasteiger partial charge in [-0.05, 0) is 29.0 Å². The van der Waals surface area contributed by atoms with Crippen LogP contribution < -0.4 is 15.8 Å². The van der Waals surface area contributed by atoms with Gasteiger partial charge in [-0.25, -0.2) is 0 Å². The molecule has 0 aliphatic carbocycles. The molecule has 3 nitrogen and oxygen atoms in total. The minimum Gasteiger partial charge on any atom is -0.496 e. The fraction of sp³-hybridized carbons (Fsp3) is 0.385. The number of hydrogen-bond acceptors (Lipinski definition) is 4. The molecule has 17 heavy (non-hydrogen) atoms. The first-order valence-corrected chi connectivity index (χ1v) is 6.71. The van der Waals surface area contributed by atoms with Gasteiger partial charge in [0.25, 0.3) is 0 Å². The molecule has 0 fully saturated rings. The van der Waals surface area contributed by atoms with Gasteiger partial charge >= 0.3 is 0 Å². The second-order valence-corrected chi connectivity index (χ2v) is 5.21. The predicted octanol–water partition coefficient (Wildman–Crippen LogP) is 2.99. The van der Waals surface area contributed by atoms with Gasteiger partial charge in [-0.1, -0.05) is 13.8 Å². The summed E-state index contributed by atoms with van der Waals surface area (Å²) in [6.07, 6.45) is 0. The number of methoxy groups -OCH3 is 1. The normalized spacial score (nSPS) is 14.7. The molecule has 0 bridgehead atoms. The van der Waals surface area contributed by atoms with Crippen molar-refractivity contribution in [2.75, 3.05) is 18.7 Å². The van der Waals surface area contributed by atoms with E-state index in [1.165, 1.54) is 0 Å². The average molecular weight is 250 g/mol. The van der Waals surface area contributed by atoms with E-state index in [2.05, 4.69) is 24.6 Å². The van der Waals surface area contributed by atoms with Gasteiger partial charge < -0.3 is 15.8 Å². The maximum Gasteiger partial charge on any atom is 0.128 e. The lowest BCUT2D eigenvalue weighted by molar-refractivity contribution is 0.412. The highest BCUT2D eigenvalue weighted by molar-refractivity contribution is 8.02. The molecule has 4 heteroatoms. The van der Waals surface area contributed by atoms with E-state index < -0.39 is 0 Å².